The number of nitrogens with zero attached hydrogens (tertiary/aromatic N) is 1. The first kappa shape index (κ1) is 12.8. The van der Waals surface area contributed by atoms with Crippen molar-refractivity contribution >= 4 is 28.6 Å². The number of para-hydroxylation sites is 2. The molecule has 2 heteroatoms. The number of rotatable bonds is 2. The second-order valence-electron chi connectivity index (χ2n) is 4.43. The molecule has 0 amide bonds. The zero-order valence-electron chi connectivity index (χ0n) is 11.0. The fourth-order valence-electron chi connectivity index (χ4n) is 2.20. The highest BCUT2D eigenvalue weighted by molar-refractivity contribution is 7.80. The van der Waals surface area contributed by atoms with Crippen molar-refractivity contribution in [3.63, 3.8) is 0 Å². The fraction of sp³-hybridized carbons (Fsp3) is 0.188. The highest BCUT2D eigenvalue weighted by Crippen LogP contribution is 2.31. The van der Waals surface area contributed by atoms with Crippen LogP contribution in [0.2, 0.25) is 0 Å². The summed E-state index contributed by atoms with van der Waals surface area (Å²) in [5.41, 5.74) is 4.78. The molecule has 0 spiro atoms. The molecule has 0 fully saturated rings. The Kier molecular flexibility index (Phi) is 3.78. The van der Waals surface area contributed by atoms with Gasteiger partial charge in [-0.2, -0.15) is 0 Å². The van der Waals surface area contributed by atoms with Gasteiger partial charge < -0.3 is 4.90 Å². The maximum atomic E-state index is 5.43. The molecule has 0 bridgehead atoms. The molecule has 1 nitrogen and oxygen atoms in total. The van der Waals surface area contributed by atoms with Crippen LogP contribution in [0.1, 0.15) is 18.1 Å². The lowest BCUT2D eigenvalue weighted by Gasteiger charge is -2.27. The quantitative estimate of drug-likeness (QED) is 0.710. The number of hydrogen-bond acceptors (Lipinski definition) is 1. The van der Waals surface area contributed by atoms with Gasteiger partial charge in [-0.1, -0.05) is 48.6 Å². The minimum absolute atomic E-state index is 0.860. The first-order valence-electron chi connectivity index (χ1n) is 6.03. The summed E-state index contributed by atoms with van der Waals surface area (Å²) in [4.78, 5) is 3.00. The van der Waals surface area contributed by atoms with Gasteiger partial charge >= 0.3 is 0 Å². The first-order valence-corrected chi connectivity index (χ1v) is 6.44. The Morgan fingerprint density at radius 3 is 1.94 bits per heavy atom. The van der Waals surface area contributed by atoms with E-state index in [1.807, 2.05) is 25.1 Å². The van der Waals surface area contributed by atoms with Crippen LogP contribution in [0.5, 0.6) is 0 Å². The van der Waals surface area contributed by atoms with E-state index in [0.29, 0.717) is 0 Å². The van der Waals surface area contributed by atoms with Crippen molar-refractivity contribution in [2.75, 3.05) is 4.90 Å². The molecule has 0 saturated heterocycles. The number of anilines is 2. The third-order valence-electron chi connectivity index (χ3n) is 2.99. The van der Waals surface area contributed by atoms with Crippen molar-refractivity contribution < 1.29 is 0 Å². The van der Waals surface area contributed by atoms with E-state index < -0.39 is 0 Å². The normalized spacial score (nSPS) is 10.2. The molecule has 0 aromatic heterocycles. The molecule has 2 aromatic carbocycles. The molecule has 0 unspecified atom stereocenters. The molecule has 0 aliphatic heterocycles. The van der Waals surface area contributed by atoms with Crippen molar-refractivity contribution in [2.24, 2.45) is 0 Å². The van der Waals surface area contributed by atoms with E-state index in [2.05, 4.69) is 49.1 Å². The molecule has 0 N–H and O–H groups in total. The van der Waals surface area contributed by atoms with Gasteiger partial charge in [-0.25, -0.2) is 0 Å². The zero-order chi connectivity index (χ0) is 13.1. The zero-order valence-corrected chi connectivity index (χ0v) is 11.8. The summed E-state index contributed by atoms with van der Waals surface area (Å²) < 4.78 is 0. The standard InChI is InChI=1S/C16H17NS/c1-12-8-7-9-13(2)16(12)17(14(3)18)15-10-5-4-6-11-15/h4-11H,1-3H3. The second kappa shape index (κ2) is 5.32. The smallest absolute Gasteiger partial charge is 0.0838 e. The summed E-state index contributed by atoms with van der Waals surface area (Å²) in [7, 11) is 0. The average molecular weight is 255 g/mol. The van der Waals surface area contributed by atoms with Crippen LogP contribution in [0.3, 0.4) is 0 Å². The lowest BCUT2D eigenvalue weighted by Crippen LogP contribution is -2.22. The Hall–Kier alpha value is -1.67. The van der Waals surface area contributed by atoms with Crippen LogP contribution in [-0.2, 0) is 0 Å². The predicted octanol–water partition coefficient (Wildman–Crippen LogP) is 4.79. The van der Waals surface area contributed by atoms with Crippen molar-refractivity contribution in [1.82, 2.24) is 0 Å². The Morgan fingerprint density at radius 1 is 0.889 bits per heavy atom. The lowest BCUT2D eigenvalue weighted by molar-refractivity contribution is 1.26. The molecule has 0 radical (unpaired) electrons. The fourth-order valence-corrected chi connectivity index (χ4v) is 2.40. The van der Waals surface area contributed by atoms with Crippen molar-refractivity contribution in [2.45, 2.75) is 20.8 Å². The van der Waals surface area contributed by atoms with Crippen molar-refractivity contribution in [3.8, 4) is 0 Å². The summed E-state index contributed by atoms with van der Waals surface area (Å²) in [5.74, 6) is 0. The predicted molar refractivity (Wildman–Crippen MR) is 82.8 cm³/mol. The third kappa shape index (κ3) is 2.44. The molecule has 2 aromatic rings. The van der Waals surface area contributed by atoms with Crippen LogP contribution in [0.15, 0.2) is 48.5 Å². The summed E-state index contributed by atoms with van der Waals surface area (Å²) in [6.07, 6.45) is 0. The van der Waals surface area contributed by atoms with Gasteiger partial charge in [0.05, 0.1) is 10.7 Å². The Balaban J connectivity index is 2.60. The molecule has 0 heterocycles. The van der Waals surface area contributed by atoms with E-state index in [0.717, 1.165) is 10.7 Å². The van der Waals surface area contributed by atoms with Crippen molar-refractivity contribution in [3.05, 3.63) is 59.7 Å². The first-order chi connectivity index (χ1) is 8.61. The largest absolute Gasteiger partial charge is 0.304 e. The molecule has 2 rings (SSSR count). The van der Waals surface area contributed by atoms with E-state index in [9.17, 15) is 0 Å². The van der Waals surface area contributed by atoms with E-state index in [1.165, 1.54) is 16.8 Å². The molecule has 0 aliphatic rings. The SMILES string of the molecule is CC(=S)N(c1ccccc1)c1c(C)cccc1C. The van der Waals surface area contributed by atoms with E-state index in [1.54, 1.807) is 0 Å². The van der Waals surface area contributed by atoms with Crippen LogP contribution in [0.25, 0.3) is 0 Å². The number of benzene rings is 2. The highest BCUT2D eigenvalue weighted by atomic mass is 32.1. The molecule has 92 valence electrons. The van der Waals surface area contributed by atoms with Gasteiger partial charge in [0, 0.05) is 5.69 Å². The summed E-state index contributed by atoms with van der Waals surface area (Å²) in [6.45, 7) is 6.21. The average Bonchev–Trinajstić information content (AvgIpc) is 2.34. The van der Waals surface area contributed by atoms with Gasteiger partial charge in [0.2, 0.25) is 0 Å². The second-order valence-corrected chi connectivity index (χ2v) is 5.02. The van der Waals surface area contributed by atoms with Gasteiger partial charge in [0.25, 0.3) is 0 Å². The Bertz CT molecular complexity index is 540. The van der Waals surface area contributed by atoms with Gasteiger partial charge in [-0.05, 0) is 44.0 Å². The third-order valence-corrected chi connectivity index (χ3v) is 3.17. The number of thiocarbonyl (C=S) groups is 1. The number of aryl methyl sites for hydroxylation is 2. The molecule has 0 saturated carbocycles. The molecule has 18 heavy (non-hydrogen) atoms. The molecule has 0 aliphatic carbocycles. The summed E-state index contributed by atoms with van der Waals surface area (Å²) >= 11 is 5.43. The Morgan fingerprint density at radius 2 is 1.44 bits per heavy atom. The molecule has 0 atom stereocenters. The topological polar surface area (TPSA) is 3.24 Å². The van der Waals surface area contributed by atoms with Crippen LogP contribution < -0.4 is 4.90 Å². The summed E-state index contributed by atoms with van der Waals surface area (Å²) in [6, 6.07) is 16.6. The van der Waals surface area contributed by atoms with Gasteiger partial charge in [-0.15, -0.1) is 0 Å². The maximum absolute atomic E-state index is 5.43. The van der Waals surface area contributed by atoms with Gasteiger partial charge in [0.15, 0.2) is 0 Å². The van der Waals surface area contributed by atoms with Crippen LogP contribution in [0, 0.1) is 13.8 Å². The van der Waals surface area contributed by atoms with Crippen LogP contribution in [0.4, 0.5) is 11.4 Å². The van der Waals surface area contributed by atoms with Crippen molar-refractivity contribution in [1.29, 1.82) is 0 Å². The van der Waals surface area contributed by atoms with E-state index >= 15 is 0 Å². The lowest BCUT2D eigenvalue weighted by atomic mass is 10.1. The minimum Gasteiger partial charge on any atom is -0.304 e. The van der Waals surface area contributed by atoms with Gasteiger partial charge in [0.1, 0.15) is 0 Å². The van der Waals surface area contributed by atoms with Gasteiger partial charge in [-0.3, -0.25) is 0 Å². The van der Waals surface area contributed by atoms with E-state index in [4.69, 9.17) is 12.2 Å². The Labute approximate surface area is 114 Å². The van der Waals surface area contributed by atoms with Crippen LogP contribution in [-0.4, -0.2) is 4.99 Å². The summed E-state index contributed by atoms with van der Waals surface area (Å²) in [5, 5.41) is 0. The van der Waals surface area contributed by atoms with Crippen LogP contribution >= 0.6 is 12.2 Å². The maximum Gasteiger partial charge on any atom is 0.0838 e. The monoisotopic (exact) mass is 255 g/mol. The minimum atomic E-state index is 0.860. The highest BCUT2D eigenvalue weighted by Gasteiger charge is 2.15. The molecular weight excluding hydrogens is 238 g/mol. The number of hydrogen-bond donors (Lipinski definition) is 0. The van der Waals surface area contributed by atoms with E-state index in [-0.39, 0.29) is 0 Å². The molecular formula is C16H17NS.